The first-order chi connectivity index (χ1) is 10.1. The number of aryl methyl sites for hydroxylation is 1. The fourth-order valence-corrected chi connectivity index (χ4v) is 2.34. The molecule has 0 amide bonds. The molecule has 3 aromatic heterocycles. The van der Waals surface area contributed by atoms with E-state index in [2.05, 4.69) is 15.0 Å². The van der Waals surface area contributed by atoms with Crippen molar-refractivity contribution in [2.24, 2.45) is 0 Å². The van der Waals surface area contributed by atoms with Gasteiger partial charge >= 0.3 is 0 Å². The van der Waals surface area contributed by atoms with Gasteiger partial charge in [0.05, 0.1) is 16.0 Å². The molecule has 0 spiro atoms. The maximum absolute atomic E-state index is 10.8. The lowest BCUT2D eigenvalue weighted by atomic mass is 10.2. The highest BCUT2D eigenvalue weighted by atomic mass is 16.6. The van der Waals surface area contributed by atoms with E-state index in [0.29, 0.717) is 22.3 Å². The zero-order chi connectivity index (χ0) is 14.6. The van der Waals surface area contributed by atoms with Crippen LogP contribution in [-0.2, 0) is 0 Å². The number of hydrogen-bond acceptors (Lipinski definition) is 5. The second-order valence-electron chi connectivity index (χ2n) is 4.85. The van der Waals surface area contributed by atoms with Crippen molar-refractivity contribution in [2.45, 2.75) is 6.92 Å². The molecule has 0 aliphatic carbocycles. The van der Waals surface area contributed by atoms with Crippen LogP contribution in [-0.4, -0.2) is 24.3 Å². The molecule has 1 aromatic carbocycles. The fourth-order valence-electron chi connectivity index (χ4n) is 2.34. The zero-order valence-corrected chi connectivity index (χ0v) is 11.0. The first-order valence-corrected chi connectivity index (χ1v) is 6.32. The number of nitrogens with zero attached hydrogens (tertiary/aromatic N) is 5. The smallest absolute Gasteiger partial charge is 0.271 e. The van der Waals surface area contributed by atoms with Crippen molar-refractivity contribution in [2.75, 3.05) is 0 Å². The molecule has 7 heteroatoms. The Morgan fingerprint density at radius 3 is 2.76 bits per heavy atom. The van der Waals surface area contributed by atoms with Crippen LogP contribution in [0.1, 0.15) is 5.56 Å². The van der Waals surface area contributed by atoms with Crippen LogP contribution in [0.25, 0.3) is 28.0 Å². The molecule has 0 saturated heterocycles. The number of non-ortho nitro benzene ring substituents is 1. The van der Waals surface area contributed by atoms with Crippen LogP contribution in [0.5, 0.6) is 0 Å². The van der Waals surface area contributed by atoms with E-state index in [9.17, 15) is 10.1 Å². The van der Waals surface area contributed by atoms with E-state index in [4.69, 9.17) is 0 Å². The van der Waals surface area contributed by atoms with Crippen molar-refractivity contribution >= 4 is 33.7 Å². The summed E-state index contributed by atoms with van der Waals surface area (Å²) < 4.78 is 1.86. The van der Waals surface area contributed by atoms with E-state index >= 15 is 0 Å². The normalized spacial score (nSPS) is 11.5. The van der Waals surface area contributed by atoms with Crippen LogP contribution in [0.4, 0.5) is 5.69 Å². The quantitative estimate of drug-likeness (QED) is 0.395. The highest BCUT2D eigenvalue weighted by Crippen LogP contribution is 2.21. The van der Waals surface area contributed by atoms with E-state index in [1.165, 1.54) is 12.1 Å². The third kappa shape index (κ3) is 1.71. The Morgan fingerprint density at radius 1 is 1.10 bits per heavy atom. The molecule has 102 valence electrons. The van der Waals surface area contributed by atoms with Gasteiger partial charge in [-0.05, 0) is 30.7 Å². The van der Waals surface area contributed by atoms with Crippen LogP contribution < -0.4 is 0 Å². The second-order valence-corrected chi connectivity index (χ2v) is 4.85. The van der Waals surface area contributed by atoms with Gasteiger partial charge in [-0.15, -0.1) is 0 Å². The molecule has 0 atom stereocenters. The first-order valence-electron chi connectivity index (χ1n) is 6.32. The number of imidazole rings is 1. The standard InChI is InChI=1S/C14H9N5O2/c1-8-4-5-18-12(6-8)17-13-14(18)16-10-3-2-9(19(20)21)7-11(10)15-13/h2-7H,1H3. The van der Waals surface area contributed by atoms with Crippen molar-refractivity contribution in [1.82, 2.24) is 19.4 Å². The summed E-state index contributed by atoms with van der Waals surface area (Å²) in [6.45, 7) is 1.99. The number of nitro benzene ring substituents is 1. The Kier molecular flexibility index (Phi) is 2.20. The summed E-state index contributed by atoms with van der Waals surface area (Å²) in [6, 6.07) is 8.35. The highest BCUT2D eigenvalue weighted by molar-refractivity contribution is 5.86. The van der Waals surface area contributed by atoms with Crippen LogP contribution in [0.3, 0.4) is 0 Å². The van der Waals surface area contributed by atoms with Crippen LogP contribution in [0, 0.1) is 17.0 Å². The third-order valence-corrected chi connectivity index (χ3v) is 3.36. The van der Waals surface area contributed by atoms with Gasteiger partial charge in [0.2, 0.25) is 0 Å². The summed E-state index contributed by atoms with van der Waals surface area (Å²) in [6.07, 6.45) is 1.89. The molecule has 7 nitrogen and oxygen atoms in total. The molecule has 21 heavy (non-hydrogen) atoms. The van der Waals surface area contributed by atoms with Crippen LogP contribution in [0.2, 0.25) is 0 Å². The average molecular weight is 279 g/mol. The van der Waals surface area contributed by atoms with Crippen molar-refractivity contribution in [3.8, 4) is 0 Å². The lowest BCUT2D eigenvalue weighted by Crippen LogP contribution is -1.92. The zero-order valence-electron chi connectivity index (χ0n) is 11.0. The minimum Gasteiger partial charge on any atom is -0.283 e. The van der Waals surface area contributed by atoms with Gasteiger partial charge in [-0.3, -0.25) is 14.5 Å². The maximum atomic E-state index is 10.8. The van der Waals surface area contributed by atoms with E-state index < -0.39 is 4.92 Å². The summed E-state index contributed by atoms with van der Waals surface area (Å²) in [5, 5.41) is 10.8. The van der Waals surface area contributed by atoms with Gasteiger partial charge in [-0.2, -0.15) is 0 Å². The van der Waals surface area contributed by atoms with Crippen molar-refractivity contribution < 1.29 is 4.92 Å². The summed E-state index contributed by atoms with van der Waals surface area (Å²) in [5.74, 6) is 0. The van der Waals surface area contributed by atoms with E-state index in [-0.39, 0.29) is 5.69 Å². The summed E-state index contributed by atoms with van der Waals surface area (Å²) >= 11 is 0. The molecule has 0 N–H and O–H groups in total. The number of rotatable bonds is 1. The van der Waals surface area contributed by atoms with Gasteiger partial charge < -0.3 is 0 Å². The number of hydrogen-bond donors (Lipinski definition) is 0. The van der Waals surface area contributed by atoms with Gasteiger partial charge in [0.1, 0.15) is 5.65 Å². The Balaban J connectivity index is 2.10. The predicted octanol–water partition coefficient (Wildman–Crippen LogP) is 2.65. The maximum Gasteiger partial charge on any atom is 0.271 e. The molecule has 0 aliphatic rings. The Hall–Kier alpha value is -3.09. The Labute approximate surface area is 118 Å². The van der Waals surface area contributed by atoms with Crippen LogP contribution >= 0.6 is 0 Å². The predicted molar refractivity (Wildman–Crippen MR) is 77.2 cm³/mol. The number of pyridine rings is 1. The van der Waals surface area contributed by atoms with Gasteiger partial charge in [-0.25, -0.2) is 15.0 Å². The SMILES string of the molecule is Cc1ccn2c(c1)nc1nc3cc([N+](=O)[O-])ccc3nc12. The third-order valence-electron chi connectivity index (χ3n) is 3.36. The van der Waals surface area contributed by atoms with Crippen molar-refractivity contribution in [3.05, 3.63) is 52.2 Å². The Bertz CT molecular complexity index is 1040. The number of nitro groups is 1. The molecule has 0 unspecified atom stereocenters. The molecular weight excluding hydrogens is 270 g/mol. The molecule has 4 rings (SSSR count). The van der Waals surface area contributed by atoms with Gasteiger partial charge in [-0.1, -0.05) is 0 Å². The topological polar surface area (TPSA) is 86.2 Å². The summed E-state index contributed by atoms with van der Waals surface area (Å²) in [7, 11) is 0. The van der Waals surface area contributed by atoms with Crippen molar-refractivity contribution in [1.29, 1.82) is 0 Å². The minimum atomic E-state index is -0.446. The summed E-state index contributed by atoms with van der Waals surface area (Å²) in [4.78, 5) is 23.7. The fraction of sp³-hybridized carbons (Fsp3) is 0.0714. The first kappa shape index (κ1) is 11.7. The molecule has 0 saturated carbocycles. The number of benzene rings is 1. The van der Waals surface area contributed by atoms with Crippen molar-refractivity contribution in [3.63, 3.8) is 0 Å². The molecule has 0 fully saturated rings. The van der Waals surface area contributed by atoms with Gasteiger partial charge in [0.25, 0.3) is 5.69 Å². The summed E-state index contributed by atoms with van der Waals surface area (Å²) in [5.41, 5.74) is 4.05. The molecule has 0 aliphatic heterocycles. The largest absolute Gasteiger partial charge is 0.283 e. The van der Waals surface area contributed by atoms with Crippen LogP contribution in [0.15, 0.2) is 36.5 Å². The Morgan fingerprint density at radius 2 is 1.95 bits per heavy atom. The molecule has 0 bridgehead atoms. The number of aromatic nitrogens is 4. The number of fused-ring (bicyclic) bond motifs is 4. The van der Waals surface area contributed by atoms with Gasteiger partial charge in [0, 0.05) is 18.3 Å². The van der Waals surface area contributed by atoms with E-state index in [1.807, 2.05) is 29.7 Å². The molecule has 0 radical (unpaired) electrons. The lowest BCUT2D eigenvalue weighted by Gasteiger charge is -1.98. The minimum absolute atomic E-state index is 0.00393. The van der Waals surface area contributed by atoms with Gasteiger partial charge in [0.15, 0.2) is 11.3 Å². The molecule has 4 aromatic rings. The second kappa shape index (κ2) is 3.95. The molecule has 3 heterocycles. The highest BCUT2D eigenvalue weighted by Gasteiger charge is 2.12. The molecular formula is C14H9N5O2. The lowest BCUT2D eigenvalue weighted by molar-refractivity contribution is -0.384. The average Bonchev–Trinajstić information content (AvgIpc) is 2.80. The van der Waals surface area contributed by atoms with E-state index in [1.54, 1.807) is 6.07 Å². The van der Waals surface area contributed by atoms with E-state index in [0.717, 1.165) is 11.2 Å². The monoisotopic (exact) mass is 279 g/mol.